The van der Waals surface area contributed by atoms with Crippen molar-refractivity contribution in [1.82, 2.24) is 19.9 Å². The van der Waals surface area contributed by atoms with E-state index in [1.807, 2.05) is 36.5 Å². The molecule has 9 aromatic rings. The van der Waals surface area contributed by atoms with E-state index in [1.54, 1.807) is 0 Å². The van der Waals surface area contributed by atoms with E-state index < -0.39 is 0 Å². The van der Waals surface area contributed by atoms with Crippen LogP contribution in [0, 0.1) is 0 Å². The third-order valence-corrected chi connectivity index (χ3v) is 9.13. The van der Waals surface area contributed by atoms with E-state index in [-0.39, 0.29) is 0 Å². The van der Waals surface area contributed by atoms with Crippen molar-refractivity contribution in [2.75, 3.05) is 0 Å². The summed E-state index contributed by atoms with van der Waals surface area (Å²) < 4.78 is 0. The summed E-state index contributed by atoms with van der Waals surface area (Å²) >= 11 is 0. The van der Waals surface area contributed by atoms with Crippen LogP contribution in [0.15, 0.2) is 182 Å². The van der Waals surface area contributed by atoms with Gasteiger partial charge in [0.15, 0.2) is 5.82 Å². The van der Waals surface area contributed by atoms with Crippen molar-refractivity contribution in [3.8, 4) is 67.4 Å². The van der Waals surface area contributed by atoms with E-state index in [1.165, 1.54) is 5.56 Å². The molecule has 0 aliphatic carbocycles. The van der Waals surface area contributed by atoms with Crippen LogP contribution in [0.5, 0.6) is 0 Å². The molecule has 0 amide bonds. The molecule has 0 saturated carbocycles. The van der Waals surface area contributed by atoms with Gasteiger partial charge in [-0.3, -0.25) is 4.98 Å². The van der Waals surface area contributed by atoms with Crippen molar-refractivity contribution in [3.63, 3.8) is 0 Å². The Morgan fingerprint density at radius 1 is 0.280 bits per heavy atom. The van der Waals surface area contributed by atoms with Gasteiger partial charge in [0.25, 0.3) is 0 Å². The first kappa shape index (κ1) is 29.4. The number of hydrogen-bond donors (Lipinski definition) is 0. The highest BCUT2D eigenvalue weighted by molar-refractivity contribution is 6.03. The Balaban J connectivity index is 1.07. The second kappa shape index (κ2) is 12.7. The van der Waals surface area contributed by atoms with Crippen molar-refractivity contribution in [2.24, 2.45) is 0 Å². The summed E-state index contributed by atoms with van der Waals surface area (Å²) in [5.74, 6) is 0.700. The second-order valence-electron chi connectivity index (χ2n) is 12.3. The summed E-state index contributed by atoms with van der Waals surface area (Å²) in [6.45, 7) is 0. The van der Waals surface area contributed by atoms with Crippen molar-refractivity contribution in [3.05, 3.63) is 182 Å². The van der Waals surface area contributed by atoms with Crippen LogP contribution in [-0.2, 0) is 0 Å². The Bertz CT molecular complexity index is 2630. The van der Waals surface area contributed by atoms with E-state index in [4.69, 9.17) is 15.0 Å². The fourth-order valence-corrected chi connectivity index (χ4v) is 6.52. The first-order chi connectivity index (χ1) is 24.7. The summed E-state index contributed by atoms with van der Waals surface area (Å²) in [6, 6.07) is 60.9. The summed E-state index contributed by atoms with van der Waals surface area (Å²) in [7, 11) is 0. The molecule has 0 aliphatic rings. The van der Waals surface area contributed by atoms with Crippen molar-refractivity contribution in [2.45, 2.75) is 0 Å². The van der Waals surface area contributed by atoms with Gasteiger partial charge < -0.3 is 0 Å². The highest BCUT2D eigenvalue weighted by atomic mass is 14.9. The number of pyridine rings is 2. The lowest BCUT2D eigenvalue weighted by Crippen LogP contribution is -1.96. The Kier molecular flexibility index (Phi) is 7.45. The molecule has 3 aromatic heterocycles. The Morgan fingerprint density at radius 3 is 1.50 bits per heavy atom. The number of benzene rings is 6. The molecule has 9 rings (SSSR count). The smallest absolute Gasteiger partial charge is 0.160 e. The van der Waals surface area contributed by atoms with Gasteiger partial charge in [0.05, 0.1) is 28.1 Å². The molecule has 0 fully saturated rings. The Hall–Kier alpha value is -6.78. The van der Waals surface area contributed by atoms with E-state index in [0.29, 0.717) is 5.82 Å². The third-order valence-electron chi connectivity index (χ3n) is 9.13. The molecule has 0 saturated heterocycles. The van der Waals surface area contributed by atoms with Crippen molar-refractivity contribution < 1.29 is 0 Å². The topological polar surface area (TPSA) is 51.6 Å². The van der Waals surface area contributed by atoms with Crippen LogP contribution < -0.4 is 0 Å². The van der Waals surface area contributed by atoms with Crippen LogP contribution in [0.3, 0.4) is 0 Å². The Morgan fingerprint density at radius 2 is 0.800 bits per heavy atom. The Labute approximate surface area is 290 Å². The quantitative estimate of drug-likeness (QED) is 0.170. The zero-order valence-corrected chi connectivity index (χ0v) is 27.1. The largest absolute Gasteiger partial charge is 0.254 e. The van der Waals surface area contributed by atoms with Gasteiger partial charge >= 0.3 is 0 Å². The summed E-state index contributed by atoms with van der Waals surface area (Å²) in [5, 5.41) is 2.17. The zero-order valence-electron chi connectivity index (χ0n) is 27.1. The van der Waals surface area contributed by atoms with Crippen molar-refractivity contribution in [1.29, 1.82) is 0 Å². The minimum absolute atomic E-state index is 0.700. The predicted octanol–water partition coefficient (Wildman–Crippen LogP) is 11.6. The molecular formula is C46H30N4. The number of fused-ring (bicyclic) bond motifs is 3. The lowest BCUT2D eigenvalue weighted by Gasteiger charge is -2.11. The van der Waals surface area contributed by atoms with Crippen LogP contribution in [0.1, 0.15) is 0 Å². The highest BCUT2D eigenvalue weighted by Crippen LogP contribution is 2.33. The van der Waals surface area contributed by atoms with Gasteiger partial charge in [0.2, 0.25) is 0 Å². The molecule has 0 N–H and O–H groups in total. The number of aromatic nitrogens is 4. The fraction of sp³-hybridized carbons (Fsp3) is 0. The molecule has 50 heavy (non-hydrogen) atoms. The normalized spacial score (nSPS) is 11.2. The summed E-state index contributed by atoms with van der Waals surface area (Å²) in [4.78, 5) is 19.8. The number of rotatable bonds is 6. The second-order valence-corrected chi connectivity index (χ2v) is 12.3. The van der Waals surface area contributed by atoms with Gasteiger partial charge in [-0.2, -0.15) is 0 Å². The van der Waals surface area contributed by atoms with Crippen LogP contribution in [0.25, 0.3) is 89.2 Å². The maximum Gasteiger partial charge on any atom is 0.160 e. The lowest BCUT2D eigenvalue weighted by atomic mass is 9.98. The first-order valence-electron chi connectivity index (χ1n) is 16.7. The molecule has 0 bridgehead atoms. The van der Waals surface area contributed by atoms with Gasteiger partial charge in [0.1, 0.15) is 0 Å². The van der Waals surface area contributed by atoms with Crippen LogP contribution in [-0.4, -0.2) is 19.9 Å². The third kappa shape index (κ3) is 5.69. The standard InChI is InChI=1S/C46H30N4/c1-3-10-31(11-4-1)37-14-8-17-40(29-37)43-30-42(49-46(50-43)36-12-5-2-6-13-36)33-21-19-32(20-22-33)38-15-7-16-39(28-38)41-26-25-35-24-23-34-18-9-27-47-44(34)45(35)48-41/h1-30H. The first-order valence-corrected chi connectivity index (χ1v) is 16.7. The average Bonchev–Trinajstić information content (AvgIpc) is 3.21. The van der Waals surface area contributed by atoms with Gasteiger partial charge in [-0.25, -0.2) is 15.0 Å². The fourth-order valence-electron chi connectivity index (χ4n) is 6.52. The molecule has 0 aliphatic heterocycles. The molecule has 6 aromatic carbocycles. The number of hydrogen-bond acceptors (Lipinski definition) is 4. The van der Waals surface area contributed by atoms with E-state index in [0.717, 1.165) is 77.8 Å². The molecule has 0 atom stereocenters. The lowest BCUT2D eigenvalue weighted by molar-refractivity contribution is 1.18. The molecule has 3 heterocycles. The van der Waals surface area contributed by atoms with Crippen LogP contribution in [0.4, 0.5) is 0 Å². The minimum Gasteiger partial charge on any atom is -0.254 e. The van der Waals surface area contributed by atoms with E-state index >= 15 is 0 Å². The molecule has 0 radical (unpaired) electrons. The summed E-state index contributed by atoms with van der Waals surface area (Å²) in [6.07, 6.45) is 1.83. The summed E-state index contributed by atoms with van der Waals surface area (Å²) in [5.41, 5.74) is 13.2. The highest BCUT2D eigenvalue weighted by Gasteiger charge is 2.13. The van der Waals surface area contributed by atoms with Gasteiger partial charge in [0, 0.05) is 39.2 Å². The van der Waals surface area contributed by atoms with Gasteiger partial charge in [-0.15, -0.1) is 0 Å². The zero-order chi connectivity index (χ0) is 33.3. The predicted molar refractivity (Wildman–Crippen MR) is 205 cm³/mol. The molecule has 0 unspecified atom stereocenters. The van der Waals surface area contributed by atoms with Crippen molar-refractivity contribution >= 4 is 21.8 Å². The van der Waals surface area contributed by atoms with Gasteiger partial charge in [-0.05, 0) is 52.6 Å². The maximum atomic E-state index is 5.07. The monoisotopic (exact) mass is 638 g/mol. The molecule has 4 heteroatoms. The molecule has 234 valence electrons. The average molecular weight is 639 g/mol. The van der Waals surface area contributed by atoms with Crippen LogP contribution in [0.2, 0.25) is 0 Å². The number of nitrogens with zero attached hydrogens (tertiary/aromatic N) is 4. The van der Waals surface area contributed by atoms with E-state index in [9.17, 15) is 0 Å². The molecular weight excluding hydrogens is 609 g/mol. The molecule has 4 nitrogen and oxygen atoms in total. The van der Waals surface area contributed by atoms with E-state index in [2.05, 4.69) is 151 Å². The minimum atomic E-state index is 0.700. The maximum absolute atomic E-state index is 5.07. The SMILES string of the molecule is c1ccc(-c2cccc(-c3cc(-c4ccc(-c5cccc(-c6ccc7ccc8cccnc8c7n6)c5)cc4)nc(-c4ccccc4)n3)c2)cc1. The molecule has 0 spiro atoms. The van der Waals surface area contributed by atoms with Gasteiger partial charge in [-0.1, -0.05) is 146 Å². The van der Waals surface area contributed by atoms with Crippen LogP contribution >= 0.6 is 0 Å².